The van der Waals surface area contributed by atoms with E-state index in [2.05, 4.69) is 4.98 Å². The molecule has 6 heteroatoms. The molecule has 0 atom stereocenters. The van der Waals surface area contributed by atoms with Crippen LogP contribution in [0.1, 0.15) is 25.1 Å². The highest BCUT2D eigenvalue weighted by atomic mass is 19.4. The van der Waals surface area contributed by atoms with Gasteiger partial charge in [0.15, 0.2) is 0 Å². The standard InChI is InChI=1S/C11H12F3N3/c1-3-17(4-2)10-6-8(11(12,13)14)5-9(7-15)16-10/h5-6H,3-4H2,1-2H3. The molecule has 1 aromatic heterocycles. The van der Waals surface area contributed by atoms with Gasteiger partial charge in [-0.25, -0.2) is 4.98 Å². The molecule has 0 amide bonds. The van der Waals surface area contributed by atoms with Gasteiger partial charge in [0, 0.05) is 13.1 Å². The van der Waals surface area contributed by atoms with Crippen molar-refractivity contribution in [3.63, 3.8) is 0 Å². The van der Waals surface area contributed by atoms with E-state index < -0.39 is 11.7 Å². The largest absolute Gasteiger partial charge is 0.416 e. The average molecular weight is 243 g/mol. The van der Waals surface area contributed by atoms with Crippen molar-refractivity contribution in [1.29, 1.82) is 5.26 Å². The summed E-state index contributed by atoms with van der Waals surface area (Å²) in [4.78, 5) is 5.54. The second-order valence-electron chi connectivity index (χ2n) is 3.38. The van der Waals surface area contributed by atoms with Crippen molar-refractivity contribution in [2.45, 2.75) is 20.0 Å². The molecule has 0 aliphatic heterocycles. The Labute approximate surface area is 97.5 Å². The van der Waals surface area contributed by atoms with E-state index >= 15 is 0 Å². The summed E-state index contributed by atoms with van der Waals surface area (Å²) < 4.78 is 37.8. The minimum Gasteiger partial charge on any atom is -0.357 e. The summed E-state index contributed by atoms with van der Waals surface area (Å²) in [6.07, 6.45) is -4.46. The zero-order chi connectivity index (χ0) is 13.1. The van der Waals surface area contributed by atoms with Gasteiger partial charge in [-0.2, -0.15) is 18.4 Å². The van der Waals surface area contributed by atoms with Gasteiger partial charge < -0.3 is 4.90 Å². The Morgan fingerprint density at radius 1 is 1.29 bits per heavy atom. The van der Waals surface area contributed by atoms with Gasteiger partial charge in [0.2, 0.25) is 0 Å². The lowest BCUT2D eigenvalue weighted by Crippen LogP contribution is -2.24. The Morgan fingerprint density at radius 3 is 2.29 bits per heavy atom. The second kappa shape index (κ2) is 5.04. The normalized spacial score (nSPS) is 11.1. The highest BCUT2D eigenvalue weighted by Crippen LogP contribution is 2.31. The van der Waals surface area contributed by atoms with Crippen molar-refractivity contribution in [2.75, 3.05) is 18.0 Å². The van der Waals surface area contributed by atoms with Crippen molar-refractivity contribution in [3.05, 3.63) is 23.4 Å². The van der Waals surface area contributed by atoms with Crippen LogP contribution in [0.15, 0.2) is 12.1 Å². The Kier molecular flexibility index (Phi) is 3.94. The minimum absolute atomic E-state index is 0.182. The predicted molar refractivity (Wildman–Crippen MR) is 57.5 cm³/mol. The van der Waals surface area contributed by atoms with Crippen LogP contribution in [0, 0.1) is 11.3 Å². The van der Waals surface area contributed by atoms with Crippen LogP contribution in [0.2, 0.25) is 0 Å². The summed E-state index contributed by atoms with van der Waals surface area (Å²) in [5.41, 5.74) is -1.06. The van der Waals surface area contributed by atoms with Crippen LogP contribution in [0.5, 0.6) is 0 Å². The van der Waals surface area contributed by atoms with Gasteiger partial charge >= 0.3 is 6.18 Å². The molecule has 0 spiro atoms. The molecule has 0 aromatic carbocycles. The van der Waals surface area contributed by atoms with Crippen LogP contribution in [0.4, 0.5) is 19.0 Å². The molecule has 0 aliphatic carbocycles. The zero-order valence-electron chi connectivity index (χ0n) is 9.54. The first kappa shape index (κ1) is 13.3. The molecule has 0 saturated heterocycles. The fourth-order valence-corrected chi connectivity index (χ4v) is 1.45. The number of alkyl halides is 3. The molecule has 0 bridgehead atoms. The third-order valence-electron chi connectivity index (χ3n) is 2.34. The monoisotopic (exact) mass is 243 g/mol. The number of hydrogen-bond donors (Lipinski definition) is 0. The highest BCUT2D eigenvalue weighted by molar-refractivity contribution is 5.45. The third-order valence-corrected chi connectivity index (χ3v) is 2.34. The quantitative estimate of drug-likeness (QED) is 0.819. The number of aromatic nitrogens is 1. The summed E-state index contributed by atoms with van der Waals surface area (Å²) >= 11 is 0. The molecular weight excluding hydrogens is 231 g/mol. The van der Waals surface area contributed by atoms with Crippen LogP contribution in [-0.4, -0.2) is 18.1 Å². The summed E-state index contributed by atoms with van der Waals surface area (Å²) in [5, 5.41) is 8.68. The van der Waals surface area contributed by atoms with E-state index in [1.165, 1.54) is 0 Å². The predicted octanol–water partition coefficient (Wildman–Crippen LogP) is 2.82. The van der Waals surface area contributed by atoms with Gasteiger partial charge in [-0.15, -0.1) is 0 Å². The lowest BCUT2D eigenvalue weighted by molar-refractivity contribution is -0.137. The van der Waals surface area contributed by atoms with Crippen molar-refractivity contribution in [1.82, 2.24) is 4.98 Å². The van der Waals surface area contributed by atoms with Crippen molar-refractivity contribution in [3.8, 4) is 6.07 Å². The minimum atomic E-state index is -4.46. The molecule has 1 aromatic rings. The maximum atomic E-state index is 12.6. The lowest BCUT2D eigenvalue weighted by Gasteiger charge is -2.21. The molecule has 0 fully saturated rings. The van der Waals surface area contributed by atoms with Crippen molar-refractivity contribution < 1.29 is 13.2 Å². The van der Waals surface area contributed by atoms with Crippen LogP contribution in [0.3, 0.4) is 0 Å². The smallest absolute Gasteiger partial charge is 0.357 e. The molecule has 92 valence electrons. The fraction of sp³-hybridized carbons (Fsp3) is 0.455. The van der Waals surface area contributed by atoms with Gasteiger partial charge in [-0.05, 0) is 26.0 Å². The zero-order valence-corrected chi connectivity index (χ0v) is 9.54. The molecule has 0 N–H and O–H groups in total. The number of pyridine rings is 1. The van der Waals surface area contributed by atoms with E-state index in [1.54, 1.807) is 11.0 Å². The number of anilines is 1. The number of nitriles is 1. The average Bonchev–Trinajstić information content (AvgIpc) is 2.29. The Balaban J connectivity index is 3.29. The maximum Gasteiger partial charge on any atom is 0.416 e. The summed E-state index contributed by atoms with van der Waals surface area (Å²) in [6, 6.07) is 3.37. The van der Waals surface area contributed by atoms with E-state index in [1.807, 2.05) is 13.8 Å². The van der Waals surface area contributed by atoms with Crippen molar-refractivity contribution >= 4 is 5.82 Å². The van der Waals surface area contributed by atoms with Gasteiger partial charge in [0.25, 0.3) is 0 Å². The summed E-state index contributed by atoms with van der Waals surface area (Å²) in [6.45, 7) is 4.71. The molecule has 0 radical (unpaired) electrons. The third kappa shape index (κ3) is 3.09. The van der Waals surface area contributed by atoms with Crippen LogP contribution in [0.25, 0.3) is 0 Å². The molecule has 0 saturated carbocycles. The molecule has 17 heavy (non-hydrogen) atoms. The molecule has 1 heterocycles. The Morgan fingerprint density at radius 2 is 1.88 bits per heavy atom. The first-order valence-corrected chi connectivity index (χ1v) is 5.16. The Bertz CT molecular complexity index is 431. The van der Waals surface area contributed by atoms with E-state index in [4.69, 9.17) is 5.26 Å². The number of rotatable bonds is 3. The van der Waals surface area contributed by atoms with Gasteiger partial charge in [0.1, 0.15) is 17.6 Å². The molecule has 0 unspecified atom stereocenters. The fourth-order valence-electron chi connectivity index (χ4n) is 1.45. The Hall–Kier alpha value is -1.77. The van der Waals surface area contributed by atoms with Crippen LogP contribution < -0.4 is 4.90 Å². The SMILES string of the molecule is CCN(CC)c1cc(C(F)(F)F)cc(C#N)n1. The molecular formula is C11H12F3N3. The molecule has 0 aliphatic rings. The first-order valence-electron chi connectivity index (χ1n) is 5.16. The molecule has 3 nitrogen and oxygen atoms in total. The van der Waals surface area contributed by atoms with Crippen molar-refractivity contribution in [2.24, 2.45) is 0 Å². The van der Waals surface area contributed by atoms with Gasteiger partial charge in [-0.3, -0.25) is 0 Å². The number of hydrogen-bond acceptors (Lipinski definition) is 3. The number of nitrogens with zero attached hydrogens (tertiary/aromatic N) is 3. The topological polar surface area (TPSA) is 39.9 Å². The first-order chi connectivity index (χ1) is 7.92. The van der Waals surface area contributed by atoms with Gasteiger partial charge in [0.05, 0.1) is 5.56 Å². The van der Waals surface area contributed by atoms with Crippen LogP contribution >= 0.6 is 0 Å². The summed E-state index contributed by atoms with van der Waals surface area (Å²) in [7, 11) is 0. The second-order valence-corrected chi connectivity index (χ2v) is 3.38. The van der Waals surface area contributed by atoms with Crippen LogP contribution in [-0.2, 0) is 6.18 Å². The maximum absolute atomic E-state index is 12.6. The number of halogens is 3. The lowest BCUT2D eigenvalue weighted by atomic mass is 10.2. The molecule has 1 rings (SSSR count). The van der Waals surface area contributed by atoms with E-state index in [-0.39, 0.29) is 11.5 Å². The van der Waals surface area contributed by atoms with E-state index in [0.717, 1.165) is 12.1 Å². The van der Waals surface area contributed by atoms with Gasteiger partial charge in [-0.1, -0.05) is 0 Å². The van der Waals surface area contributed by atoms with E-state index in [9.17, 15) is 13.2 Å². The highest BCUT2D eigenvalue weighted by Gasteiger charge is 2.32. The van der Waals surface area contributed by atoms with E-state index in [0.29, 0.717) is 13.1 Å². The summed E-state index contributed by atoms with van der Waals surface area (Å²) in [5.74, 6) is 0.182.